The van der Waals surface area contributed by atoms with Crippen LogP contribution in [0.3, 0.4) is 0 Å². The monoisotopic (exact) mass is 1500 g/mol. The van der Waals surface area contributed by atoms with Gasteiger partial charge in [0.15, 0.2) is 18.9 Å². The molecule has 0 aromatic rings. The van der Waals surface area contributed by atoms with Crippen molar-refractivity contribution in [1.82, 2.24) is 5.32 Å². The number of hydrogen-bond donors (Lipinski definition) is 12. The molecule has 616 valence electrons. The van der Waals surface area contributed by atoms with Crippen LogP contribution >= 0.6 is 0 Å². The van der Waals surface area contributed by atoms with E-state index in [-0.39, 0.29) is 18.9 Å². The van der Waals surface area contributed by atoms with Gasteiger partial charge in [0.2, 0.25) is 5.91 Å². The lowest BCUT2D eigenvalue weighted by Crippen LogP contribution is -2.66. The Kier molecular flexibility index (Phi) is 61.0. The Morgan fingerprint density at radius 1 is 0.349 bits per heavy atom. The van der Waals surface area contributed by atoms with E-state index in [2.05, 4.69) is 92.1 Å². The lowest BCUT2D eigenvalue weighted by atomic mass is 9.96. The average Bonchev–Trinajstić information content (AvgIpc) is 0.780. The van der Waals surface area contributed by atoms with E-state index < -0.39 is 124 Å². The first-order chi connectivity index (χ1) is 51.8. The van der Waals surface area contributed by atoms with Gasteiger partial charge in [0.1, 0.15) is 73.2 Å². The Labute approximate surface area is 641 Å². The van der Waals surface area contributed by atoms with Crippen LogP contribution < -0.4 is 5.32 Å². The van der Waals surface area contributed by atoms with E-state index in [1.807, 2.05) is 6.08 Å². The van der Waals surface area contributed by atoms with Gasteiger partial charge in [0.05, 0.1) is 38.6 Å². The molecule has 0 aliphatic carbocycles. The number of nitrogens with one attached hydrogen (secondary N) is 1. The van der Waals surface area contributed by atoms with Crippen molar-refractivity contribution in [3.8, 4) is 0 Å². The molecule has 12 N–H and O–H groups in total. The third-order valence-electron chi connectivity index (χ3n) is 20.9. The minimum atomic E-state index is -1.98. The number of ether oxygens (including phenoxy) is 6. The minimum absolute atomic E-state index is 0.243. The largest absolute Gasteiger partial charge is 0.394 e. The number of carbonyl (C=O) groups is 1. The first-order valence-corrected chi connectivity index (χ1v) is 42.8. The zero-order chi connectivity index (χ0) is 76.7. The minimum Gasteiger partial charge on any atom is -0.394 e. The predicted octanol–water partition coefficient (Wildman–Crippen LogP) is 15.3. The predicted molar refractivity (Wildman–Crippen MR) is 424 cm³/mol. The summed E-state index contributed by atoms with van der Waals surface area (Å²) in [5.74, 6) is -0.272. The first kappa shape index (κ1) is 97.2. The van der Waals surface area contributed by atoms with Gasteiger partial charge < -0.3 is 89.9 Å². The Bertz CT molecular complexity index is 2240. The van der Waals surface area contributed by atoms with Crippen LogP contribution in [0.25, 0.3) is 0 Å². The van der Waals surface area contributed by atoms with Gasteiger partial charge in [-0.15, -0.1) is 0 Å². The number of carbonyl (C=O) groups excluding carboxylic acids is 1. The summed E-state index contributed by atoms with van der Waals surface area (Å²) < 4.78 is 34.5. The summed E-state index contributed by atoms with van der Waals surface area (Å²) in [5.41, 5.74) is 0. The SMILES string of the molecule is CC/C=C\C/C=C\C/C=C\C/C=C\C/C=C\C/C=C\CCCCCCCCCCCCCCCCCCCCC(=O)NC(COC1OC(CO)C(OC2OC(CO)C(OC3OC(CO)C(O)C(O)C3O)C(O)C2O)C(O)C1O)C(O)/C=C/CCCCCCCCCCCCCCCCCCCCCCCC. The summed E-state index contributed by atoms with van der Waals surface area (Å²) in [7, 11) is 0. The fourth-order valence-electron chi connectivity index (χ4n) is 14.1. The molecule has 1 amide bonds. The van der Waals surface area contributed by atoms with Crippen LogP contribution in [-0.4, -0.2) is 193 Å². The van der Waals surface area contributed by atoms with Crippen molar-refractivity contribution in [1.29, 1.82) is 0 Å². The fraction of sp³-hybridized carbons (Fsp3) is 0.828. The van der Waals surface area contributed by atoms with E-state index in [9.17, 15) is 61.0 Å². The van der Waals surface area contributed by atoms with E-state index in [1.165, 1.54) is 218 Å². The highest BCUT2D eigenvalue weighted by molar-refractivity contribution is 5.76. The smallest absolute Gasteiger partial charge is 0.220 e. The molecule has 0 saturated carbocycles. The van der Waals surface area contributed by atoms with Gasteiger partial charge in [-0.2, -0.15) is 0 Å². The zero-order valence-electron chi connectivity index (χ0n) is 66.2. The Hall–Kier alpha value is -3.03. The van der Waals surface area contributed by atoms with Crippen molar-refractivity contribution in [2.24, 2.45) is 0 Å². The maximum absolute atomic E-state index is 13.5. The van der Waals surface area contributed by atoms with Crippen molar-refractivity contribution >= 4 is 5.91 Å². The second-order valence-electron chi connectivity index (χ2n) is 30.3. The molecule has 0 spiro atoms. The van der Waals surface area contributed by atoms with E-state index in [1.54, 1.807) is 6.08 Å². The Morgan fingerprint density at radius 3 is 1.02 bits per heavy atom. The molecule has 3 fully saturated rings. The van der Waals surface area contributed by atoms with Gasteiger partial charge in [-0.1, -0.05) is 336 Å². The van der Waals surface area contributed by atoms with E-state index in [0.29, 0.717) is 6.42 Å². The molecule has 106 heavy (non-hydrogen) atoms. The normalized spacial score (nSPS) is 26.1. The quantitative estimate of drug-likeness (QED) is 0.0199. The van der Waals surface area contributed by atoms with Crippen LogP contribution in [0.4, 0.5) is 0 Å². The Balaban J connectivity index is 1.33. The lowest BCUT2D eigenvalue weighted by Gasteiger charge is -2.48. The van der Waals surface area contributed by atoms with Gasteiger partial charge in [-0.25, -0.2) is 0 Å². The molecule has 3 saturated heterocycles. The number of unbranched alkanes of at least 4 members (excludes halogenated alkanes) is 40. The number of allylic oxidation sites excluding steroid dienone is 13. The van der Waals surface area contributed by atoms with Crippen molar-refractivity contribution in [2.75, 3.05) is 26.4 Å². The molecule has 17 atom stereocenters. The van der Waals surface area contributed by atoms with Gasteiger partial charge >= 0.3 is 0 Å². The summed E-state index contributed by atoms with van der Waals surface area (Å²) in [6, 6.07) is -0.977. The third-order valence-corrected chi connectivity index (χ3v) is 20.9. The van der Waals surface area contributed by atoms with Crippen LogP contribution in [0.15, 0.2) is 85.1 Å². The van der Waals surface area contributed by atoms with E-state index >= 15 is 0 Å². The Morgan fingerprint density at radius 2 is 0.651 bits per heavy atom. The number of aliphatic hydroxyl groups is 11. The topological polar surface area (TPSA) is 307 Å². The zero-order valence-corrected chi connectivity index (χ0v) is 66.2. The summed E-state index contributed by atoms with van der Waals surface area (Å²) >= 11 is 0. The number of rotatable bonds is 68. The molecule has 0 aromatic carbocycles. The highest BCUT2D eigenvalue weighted by Crippen LogP contribution is 2.33. The number of hydrogen-bond acceptors (Lipinski definition) is 18. The number of amides is 1. The van der Waals surface area contributed by atoms with Crippen molar-refractivity contribution in [3.63, 3.8) is 0 Å². The molecular formula is C87H155NO18. The summed E-state index contributed by atoms with van der Waals surface area (Å²) in [4.78, 5) is 13.5. The van der Waals surface area contributed by atoms with Gasteiger partial charge in [-0.05, 0) is 70.6 Å². The van der Waals surface area contributed by atoms with E-state index in [4.69, 9.17) is 28.4 Å². The maximum atomic E-state index is 13.5. The molecule has 3 rings (SSSR count). The van der Waals surface area contributed by atoms with Crippen molar-refractivity contribution in [3.05, 3.63) is 85.1 Å². The van der Waals surface area contributed by atoms with Gasteiger partial charge in [-0.3, -0.25) is 4.79 Å². The maximum Gasteiger partial charge on any atom is 0.220 e. The summed E-state index contributed by atoms with van der Waals surface area (Å²) in [6.07, 6.45) is 62.9. The second kappa shape index (κ2) is 66.6. The summed E-state index contributed by atoms with van der Waals surface area (Å²) in [6.45, 7) is 1.66. The molecule has 19 heteroatoms. The molecule has 17 unspecified atom stereocenters. The fourth-order valence-corrected chi connectivity index (χ4v) is 14.1. The average molecular weight is 1500 g/mol. The van der Waals surface area contributed by atoms with Gasteiger partial charge in [0, 0.05) is 6.42 Å². The van der Waals surface area contributed by atoms with Crippen LogP contribution in [0.1, 0.15) is 328 Å². The van der Waals surface area contributed by atoms with E-state index in [0.717, 1.165) is 83.5 Å². The molecule has 3 aliphatic rings. The highest BCUT2D eigenvalue weighted by atomic mass is 16.8. The van der Waals surface area contributed by atoms with Crippen LogP contribution in [0, 0.1) is 0 Å². The molecule has 0 aromatic heterocycles. The van der Waals surface area contributed by atoms with Crippen LogP contribution in [-0.2, 0) is 33.2 Å². The number of aliphatic hydroxyl groups excluding tert-OH is 11. The molecular weight excluding hydrogens is 1350 g/mol. The molecule has 0 radical (unpaired) electrons. The highest BCUT2D eigenvalue weighted by Gasteiger charge is 2.54. The molecule has 3 aliphatic heterocycles. The molecule has 0 bridgehead atoms. The second-order valence-corrected chi connectivity index (χ2v) is 30.3. The van der Waals surface area contributed by atoms with Gasteiger partial charge in [0.25, 0.3) is 0 Å². The standard InChI is InChI=1S/C87H155NO18/c1-3-5-7-9-11-13-15-17-19-21-23-25-27-29-30-31-32-33-34-35-36-37-38-39-40-41-43-45-47-49-51-53-55-57-59-61-63-65-75(93)88-70(71(92)64-62-60-58-56-54-52-50-48-46-44-42-28-26-24-22-20-18-16-14-12-10-8-6-4-2)69-101-85-81(99)78(96)83(73(67-90)103-85)106-87-82(100)79(97)84(74(68-91)104-87)105-86-80(98)77(95)76(94)72(66-89)102-86/h5,7,11,13,17,19,23,25,29-30,32-33,62,64,70-74,76-87,89-92,94-100H,3-4,6,8-10,12,14-16,18,20-22,24,26-28,31,34-61,63,65-69H2,1-2H3,(H,88,93)/b7-5-,13-11-,19-17-,25-23-,30-29-,33-32-,64-62+. The van der Waals surface area contributed by atoms with Crippen LogP contribution in [0.5, 0.6) is 0 Å². The van der Waals surface area contributed by atoms with Crippen molar-refractivity contribution < 1.29 is 89.4 Å². The molecule has 3 heterocycles. The van der Waals surface area contributed by atoms with Crippen molar-refractivity contribution in [2.45, 2.75) is 433 Å². The lowest BCUT2D eigenvalue weighted by molar-refractivity contribution is -0.379. The molecule has 19 nitrogen and oxygen atoms in total. The third kappa shape index (κ3) is 45.5. The van der Waals surface area contributed by atoms with Crippen LogP contribution in [0.2, 0.25) is 0 Å². The first-order valence-electron chi connectivity index (χ1n) is 42.8. The summed E-state index contributed by atoms with van der Waals surface area (Å²) in [5, 5.41) is 121.